The van der Waals surface area contributed by atoms with Crippen molar-refractivity contribution in [3.63, 3.8) is 0 Å². The van der Waals surface area contributed by atoms with Crippen molar-refractivity contribution in [3.05, 3.63) is 59.7 Å². The van der Waals surface area contributed by atoms with Gasteiger partial charge in [0, 0.05) is 12.0 Å². The van der Waals surface area contributed by atoms with Gasteiger partial charge in [-0.2, -0.15) is 0 Å². The van der Waals surface area contributed by atoms with Gasteiger partial charge in [-0.1, -0.05) is 24.3 Å². The summed E-state index contributed by atoms with van der Waals surface area (Å²) in [5.74, 6) is -1.39. The van der Waals surface area contributed by atoms with E-state index in [2.05, 4.69) is 5.32 Å². The fourth-order valence-corrected chi connectivity index (χ4v) is 2.13. The van der Waals surface area contributed by atoms with Gasteiger partial charge in [-0.3, -0.25) is 4.79 Å². The fraction of sp³-hybridized carbons (Fsp3) is 0.176. The smallest absolute Gasteiger partial charge is 0.326 e. The van der Waals surface area contributed by atoms with E-state index in [4.69, 9.17) is 4.74 Å². The number of phenols is 1. The number of rotatable bonds is 6. The lowest BCUT2D eigenvalue weighted by Crippen LogP contribution is -2.42. The molecule has 23 heavy (non-hydrogen) atoms. The molecular weight excluding hydrogens is 298 g/mol. The minimum absolute atomic E-state index is 0.0471. The van der Waals surface area contributed by atoms with E-state index in [0.717, 1.165) is 0 Å². The first kappa shape index (κ1) is 16.4. The lowest BCUT2D eigenvalue weighted by atomic mass is 10.0. The van der Waals surface area contributed by atoms with Gasteiger partial charge in [-0.05, 0) is 29.8 Å². The van der Waals surface area contributed by atoms with Gasteiger partial charge in [0.05, 0.1) is 7.11 Å². The van der Waals surface area contributed by atoms with Crippen LogP contribution in [0.2, 0.25) is 0 Å². The second-order valence-electron chi connectivity index (χ2n) is 4.94. The van der Waals surface area contributed by atoms with Crippen molar-refractivity contribution in [1.29, 1.82) is 0 Å². The van der Waals surface area contributed by atoms with Crippen LogP contribution in [0, 0.1) is 0 Å². The maximum absolute atomic E-state index is 12.1. The topological polar surface area (TPSA) is 95.9 Å². The van der Waals surface area contributed by atoms with Crippen LogP contribution in [0.15, 0.2) is 48.5 Å². The summed E-state index contributed by atoms with van der Waals surface area (Å²) in [5.41, 5.74) is 0.959. The van der Waals surface area contributed by atoms with Gasteiger partial charge >= 0.3 is 5.97 Å². The summed E-state index contributed by atoms with van der Waals surface area (Å²) >= 11 is 0. The molecule has 0 radical (unpaired) electrons. The van der Waals surface area contributed by atoms with Gasteiger partial charge in [0.1, 0.15) is 6.04 Å². The largest absolute Gasteiger partial charge is 0.504 e. The lowest BCUT2D eigenvalue weighted by molar-refractivity contribution is -0.139. The second-order valence-corrected chi connectivity index (χ2v) is 4.94. The van der Waals surface area contributed by atoms with Crippen LogP contribution in [0.4, 0.5) is 0 Å². The Balaban J connectivity index is 2.12. The van der Waals surface area contributed by atoms with E-state index in [1.165, 1.54) is 13.2 Å². The number of carboxylic acids is 1. The monoisotopic (exact) mass is 315 g/mol. The Morgan fingerprint density at radius 1 is 1.17 bits per heavy atom. The molecule has 1 atom stereocenters. The van der Waals surface area contributed by atoms with Crippen LogP contribution in [0.5, 0.6) is 11.5 Å². The van der Waals surface area contributed by atoms with Crippen molar-refractivity contribution in [2.75, 3.05) is 7.11 Å². The molecule has 2 rings (SSSR count). The number of aliphatic carboxylic acids is 1. The number of phenolic OH excluding ortho intramolecular Hbond substituents is 1. The second kappa shape index (κ2) is 7.31. The minimum atomic E-state index is -1.15. The maximum Gasteiger partial charge on any atom is 0.326 e. The molecule has 120 valence electrons. The predicted molar refractivity (Wildman–Crippen MR) is 83.7 cm³/mol. The maximum atomic E-state index is 12.1. The van der Waals surface area contributed by atoms with E-state index >= 15 is 0 Å². The highest BCUT2D eigenvalue weighted by Gasteiger charge is 2.21. The Hall–Kier alpha value is -3.02. The highest BCUT2D eigenvalue weighted by atomic mass is 16.5. The van der Waals surface area contributed by atoms with Crippen molar-refractivity contribution in [2.45, 2.75) is 12.5 Å². The van der Waals surface area contributed by atoms with Crippen LogP contribution in [0.1, 0.15) is 15.9 Å². The molecule has 6 nitrogen and oxygen atoms in total. The number of carbonyl (C=O) groups is 2. The summed E-state index contributed by atoms with van der Waals surface area (Å²) in [6, 6.07) is 11.9. The van der Waals surface area contributed by atoms with E-state index in [0.29, 0.717) is 16.9 Å². The SMILES string of the molecule is COc1ccc(C[C@H](NC(=O)c2ccccc2)C(=O)O)cc1O. The first-order valence-electron chi connectivity index (χ1n) is 6.96. The highest BCUT2D eigenvalue weighted by Crippen LogP contribution is 2.26. The standard InChI is InChI=1S/C17H17NO5/c1-23-15-8-7-11(10-14(15)19)9-13(17(21)22)18-16(20)12-5-3-2-4-6-12/h2-8,10,13,19H,9H2,1H3,(H,18,20)(H,21,22)/t13-/m0/s1. The van der Waals surface area contributed by atoms with Crippen LogP contribution < -0.4 is 10.1 Å². The van der Waals surface area contributed by atoms with Crippen molar-refractivity contribution in [3.8, 4) is 11.5 Å². The molecular formula is C17H17NO5. The van der Waals surface area contributed by atoms with Gasteiger partial charge in [0.15, 0.2) is 11.5 Å². The molecule has 0 saturated carbocycles. The number of aromatic hydroxyl groups is 1. The van der Waals surface area contributed by atoms with Gasteiger partial charge in [0.25, 0.3) is 5.91 Å². The molecule has 0 saturated heterocycles. The van der Waals surface area contributed by atoms with Gasteiger partial charge in [-0.25, -0.2) is 4.79 Å². The van der Waals surface area contributed by atoms with Crippen molar-refractivity contribution in [1.82, 2.24) is 5.32 Å². The molecule has 1 amide bonds. The molecule has 0 heterocycles. The summed E-state index contributed by atoms with van der Waals surface area (Å²) in [6.07, 6.45) is 0.0471. The molecule has 0 fully saturated rings. The molecule has 6 heteroatoms. The summed E-state index contributed by atoms with van der Waals surface area (Å²) in [7, 11) is 1.43. The highest BCUT2D eigenvalue weighted by molar-refractivity contribution is 5.96. The Bertz CT molecular complexity index is 699. The zero-order valence-corrected chi connectivity index (χ0v) is 12.5. The Labute approximate surface area is 133 Å². The molecule has 0 unspecified atom stereocenters. The van der Waals surface area contributed by atoms with Crippen molar-refractivity contribution < 1.29 is 24.5 Å². The first-order chi connectivity index (χ1) is 11.0. The number of benzene rings is 2. The number of amides is 1. The third-order valence-electron chi connectivity index (χ3n) is 3.32. The molecule has 2 aromatic carbocycles. The quantitative estimate of drug-likeness (QED) is 0.756. The molecule has 0 aliphatic heterocycles. The minimum Gasteiger partial charge on any atom is -0.504 e. The van der Waals surface area contributed by atoms with Crippen LogP contribution >= 0.6 is 0 Å². The summed E-state index contributed by atoms with van der Waals surface area (Å²) in [4.78, 5) is 23.5. The summed E-state index contributed by atoms with van der Waals surface area (Å²) in [6.45, 7) is 0. The fourth-order valence-electron chi connectivity index (χ4n) is 2.13. The third kappa shape index (κ3) is 4.23. The third-order valence-corrected chi connectivity index (χ3v) is 3.32. The molecule has 2 aromatic rings. The van der Waals surface area contributed by atoms with E-state index in [1.807, 2.05) is 0 Å². The average Bonchev–Trinajstić information content (AvgIpc) is 2.55. The summed E-state index contributed by atoms with van der Waals surface area (Å²) < 4.78 is 4.94. The number of hydrogen-bond acceptors (Lipinski definition) is 4. The molecule has 3 N–H and O–H groups in total. The Morgan fingerprint density at radius 3 is 2.43 bits per heavy atom. The van der Waals surface area contributed by atoms with Crippen LogP contribution in [-0.2, 0) is 11.2 Å². The summed E-state index contributed by atoms with van der Waals surface area (Å²) in [5, 5.41) is 21.5. The number of ether oxygens (including phenoxy) is 1. The predicted octanol–water partition coefficient (Wildman–Crippen LogP) is 1.83. The van der Waals surface area contributed by atoms with Gasteiger partial charge in [-0.15, -0.1) is 0 Å². The van der Waals surface area contributed by atoms with E-state index in [-0.39, 0.29) is 12.2 Å². The molecule has 0 aliphatic carbocycles. The number of carboxylic acid groups (broad SMARTS) is 1. The van der Waals surface area contributed by atoms with Crippen molar-refractivity contribution in [2.24, 2.45) is 0 Å². The number of methoxy groups -OCH3 is 1. The Morgan fingerprint density at radius 2 is 1.87 bits per heavy atom. The van der Waals surface area contributed by atoms with E-state index < -0.39 is 17.9 Å². The zero-order chi connectivity index (χ0) is 16.8. The van der Waals surface area contributed by atoms with Crippen LogP contribution in [-0.4, -0.2) is 35.2 Å². The number of hydrogen-bond donors (Lipinski definition) is 3. The average molecular weight is 315 g/mol. The van der Waals surface area contributed by atoms with Gasteiger partial charge in [0.2, 0.25) is 0 Å². The van der Waals surface area contributed by atoms with Crippen molar-refractivity contribution >= 4 is 11.9 Å². The molecule has 0 bridgehead atoms. The Kier molecular flexibility index (Phi) is 5.19. The lowest BCUT2D eigenvalue weighted by Gasteiger charge is -2.15. The molecule has 0 spiro atoms. The molecule has 0 aromatic heterocycles. The zero-order valence-electron chi connectivity index (χ0n) is 12.5. The van der Waals surface area contributed by atoms with E-state index in [1.54, 1.807) is 42.5 Å². The normalized spacial score (nSPS) is 11.5. The van der Waals surface area contributed by atoms with Gasteiger partial charge < -0.3 is 20.3 Å². The van der Waals surface area contributed by atoms with E-state index in [9.17, 15) is 19.8 Å². The first-order valence-corrected chi connectivity index (χ1v) is 6.96. The number of carbonyl (C=O) groups excluding carboxylic acids is 1. The van der Waals surface area contributed by atoms with Crippen LogP contribution in [0.3, 0.4) is 0 Å². The van der Waals surface area contributed by atoms with Crippen LogP contribution in [0.25, 0.3) is 0 Å². The molecule has 0 aliphatic rings. The number of nitrogens with one attached hydrogen (secondary N) is 1.